The highest BCUT2D eigenvalue weighted by atomic mass is 79.9. The summed E-state index contributed by atoms with van der Waals surface area (Å²) in [4.78, 5) is 17.3. The van der Waals surface area contributed by atoms with E-state index in [1.54, 1.807) is 6.20 Å². The second-order valence-corrected chi connectivity index (χ2v) is 9.38. The number of fused-ring (bicyclic) bond motifs is 1. The van der Waals surface area contributed by atoms with Crippen LogP contribution >= 0.6 is 15.9 Å². The molecule has 1 atom stereocenters. The first kappa shape index (κ1) is 19.9. The molecule has 2 fully saturated rings. The molecule has 0 saturated carbocycles. The van der Waals surface area contributed by atoms with E-state index in [2.05, 4.69) is 44.1 Å². The zero-order valence-corrected chi connectivity index (χ0v) is 18.1. The van der Waals surface area contributed by atoms with Crippen LogP contribution in [0, 0.1) is 11.8 Å². The number of benzene rings is 1. The SMILES string of the molecule is CN1CCC(C2CCN(C(=O)C(N)Cc3cc(Br)c4[nH]ncc4c3)CC2)CC1. The molecule has 7 heteroatoms. The van der Waals surface area contributed by atoms with Crippen molar-refractivity contribution >= 4 is 32.7 Å². The second kappa shape index (κ2) is 8.51. The fraction of sp³-hybridized carbons (Fsp3) is 0.619. The van der Waals surface area contributed by atoms with Gasteiger partial charge in [-0.25, -0.2) is 0 Å². The summed E-state index contributed by atoms with van der Waals surface area (Å²) in [6.07, 6.45) is 7.21. The van der Waals surface area contributed by atoms with E-state index in [1.165, 1.54) is 25.9 Å². The summed E-state index contributed by atoms with van der Waals surface area (Å²) < 4.78 is 0.955. The molecule has 3 heterocycles. The predicted molar refractivity (Wildman–Crippen MR) is 115 cm³/mol. The maximum Gasteiger partial charge on any atom is 0.239 e. The molecule has 2 saturated heterocycles. The van der Waals surface area contributed by atoms with Gasteiger partial charge in [0, 0.05) is 22.9 Å². The summed E-state index contributed by atoms with van der Waals surface area (Å²) in [5.41, 5.74) is 8.34. The minimum atomic E-state index is -0.490. The summed E-state index contributed by atoms with van der Waals surface area (Å²) in [5.74, 6) is 1.69. The average Bonchev–Trinajstić information content (AvgIpc) is 3.17. The van der Waals surface area contributed by atoms with Crippen LogP contribution in [0.3, 0.4) is 0 Å². The van der Waals surface area contributed by atoms with Gasteiger partial charge in [0.05, 0.1) is 17.8 Å². The van der Waals surface area contributed by atoms with Crippen LogP contribution in [0.1, 0.15) is 31.2 Å². The van der Waals surface area contributed by atoms with Crippen molar-refractivity contribution in [1.29, 1.82) is 0 Å². The number of halogens is 1. The summed E-state index contributed by atoms with van der Waals surface area (Å²) in [6, 6.07) is 3.60. The minimum absolute atomic E-state index is 0.0882. The number of nitrogens with zero attached hydrogens (tertiary/aromatic N) is 3. The molecule has 0 aliphatic carbocycles. The summed E-state index contributed by atoms with van der Waals surface area (Å²) in [6.45, 7) is 4.14. The van der Waals surface area contributed by atoms with Gasteiger partial charge in [-0.1, -0.05) is 0 Å². The third-order valence-corrected chi connectivity index (χ3v) is 7.24. The Kier molecular flexibility index (Phi) is 6.04. The summed E-state index contributed by atoms with van der Waals surface area (Å²) >= 11 is 3.57. The summed E-state index contributed by atoms with van der Waals surface area (Å²) in [7, 11) is 2.21. The number of piperidine rings is 2. The number of rotatable bonds is 4. The molecule has 1 amide bonds. The lowest BCUT2D eigenvalue weighted by atomic mass is 9.79. The van der Waals surface area contributed by atoms with Crippen molar-refractivity contribution in [3.8, 4) is 0 Å². The van der Waals surface area contributed by atoms with Crippen molar-refractivity contribution in [2.75, 3.05) is 33.2 Å². The van der Waals surface area contributed by atoms with Crippen molar-refractivity contribution < 1.29 is 4.79 Å². The van der Waals surface area contributed by atoms with E-state index in [-0.39, 0.29) is 5.91 Å². The van der Waals surface area contributed by atoms with Gasteiger partial charge in [-0.05, 0) is 97.7 Å². The van der Waals surface area contributed by atoms with Crippen LogP contribution < -0.4 is 5.73 Å². The van der Waals surface area contributed by atoms with Crippen molar-refractivity contribution in [2.24, 2.45) is 17.6 Å². The molecule has 2 aliphatic rings. The zero-order valence-electron chi connectivity index (χ0n) is 16.5. The first-order valence-electron chi connectivity index (χ1n) is 10.4. The topological polar surface area (TPSA) is 78.2 Å². The quantitative estimate of drug-likeness (QED) is 0.754. The maximum atomic E-state index is 12.9. The number of aromatic nitrogens is 2. The fourth-order valence-corrected chi connectivity index (χ4v) is 5.47. The highest BCUT2D eigenvalue weighted by Crippen LogP contribution is 2.32. The van der Waals surface area contributed by atoms with Gasteiger partial charge in [-0.3, -0.25) is 9.89 Å². The maximum absolute atomic E-state index is 12.9. The predicted octanol–water partition coefficient (Wildman–Crippen LogP) is 2.78. The monoisotopic (exact) mass is 447 g/mol. The number of aromatic amines is 1. The van der Waals surface area contributed by atoms with Gasteiger partial charge >= 0.3 is 0 Å². The van der Waals surface area contributed by atoms with E-state index < -0.39 is 6.04 Å². The van der Waals surface area contributed by atoms with Crippen molar-refractivity contribution in [3.63, 3.8) is 0 Å². The normalized spacial score (nSPS) is 21.3. The molecule has 6 nitrogen and oxygen atoms in total. The van der Waals surface area contributed by atoms with E-state index in [9.17, 15) is 4.79 Å². The molecule has 28 heavy (non-hydrogen) atoms. The molecule has 2 aromatic rings. The van der Waals surface area contributed by atoms with Crippen LogP contribution in [-0.4, -0.2) is 65.2 Å². The molecule has 3 N–H and O–H groups in total. The molecule has 152 valence electrons. The third-order valence-electron chi connectivity index (χ3n) is 6.61. The van der Waals surface area contributed by atoms with Crippen LogP contribution in [0.15, 0.2) is 22.8 Å². The Balaban J connectivity index is 1.31. The van der Waals surface area contributed by atoms with Crippen LogP contribution in [0.2, 0.25) is 0 Å². The molecular formula is C21H30BrN5O. The Labute approximate surface area is 174 Å². The number of hydrogen-bond acceptors (Lipinski definition) is 4. The van der Waals surface area contributed by atoms with Crippen LogP contribution in [0.4, 0.5) is 0 Å². The number of carbonyl (C=O) groups excluding carboxylic acids is 1. The van der Waals surface area contributed by atoms with Gasteiger partial charge in [0.1, 0.15) is 0 Å². The van der Waals surface area contributed by atoms with Gasteiger partial charge in [0.15, 0.2) is 0 Å². The Morgan fingerprint density at radius 2 is 1.86 bits per heavy atom. The average molecular weight is 448 g/mol. The number of likely N-dealkylation sites (tertiary alicyclic amines) is 2. The van der Waals surface area contributed by atoms with Gasteiger partial charge in [-0.2, -0.15) is 5.10 Å². The number of nitrogens with two attached hydrogens (primary N) is 1. The number of amides is 1. The first-order valence-corrected chi connectivity index (χ1v) is 11.1. The zero-order chi connectivity index (χ0) is 19.7. The first-order chi connectivity index (χ1) is 13.5. The lowest BCUT2D eigenvalue weighted by molar-refractivity contribution is -0.134. The van der Waals surface area contributed by atoms with Gasteiger partial charge < -0.3 is 15.5 Å². The molecule has 2 aliphatic heterocycles. The molecule has 1 aromatic carbocycles. The molecular weight excluding hydrogens is 418 g/mol. The van der Waals surface area contributed by atoms with Crippen LogP contribution in [-0.2, 0) is 11.2 Å². The lowest BCUT2D eigenvalue weighted by Gasteiger charge is -2.40. The van der Waals surface area contributed by atoms with Crippen molar-refractivity contribution in [2.45, 2.75) is 38.1 Å². The van der Waals surface area contributed by atoms with Gasteiger partial charge in [0.2, 0.25) is 5.91 Å². The van der Waals surface area contributed by atoms with Crippen LogP contribution in [0.5, 0.6) is 0 Å². The molecule has 0 radical (unpaired) electrons. The Morgan fingerprint density at radius 3 is 2.54 bits per heavy atom. The fourth-order valence-electron chi connectivity index (χ4n) is 4.86. The lowest BCUT2D eigenvalue weighted by Crippen LogP contribution is -2.49. The van der Waals surface area contributed by atoms with Crippen molar-refractivity contribution in [3.05, 3.63) is 28.4 Å². The Bertz CT molecular complexity index is 821. The van der Waals surface area contributed by atoms with E-state index in [0.717, 1.165) is 58.7 Å². The molecule has 0 spiro atoms. The van der Waals surface area contributed by atoms with E-state index >= 15 is 0 Å². The van der Waals surface area contributed by atoms with Gasteiger partial charge in [-0.15, -0.1) is 0 Å². The number of nitrogens with one attached hydrogen (secondary N) is 1. The number of H-pyrrole nitrogens is 1. The molecule has 1 aromatic heterocycles. The van der Waals surface area contributed by atoms with E-state index in [1.807, 2.05) is 11.0 Å². The third kappa shape index (κ3) is 4.26. The number of hydrogen-bond donors (Lipinski definition) is 2. The Morgan fingerprint density at radius 1 is 1.21 bits per heavy atom. The smallest absolute Gasteiger partial charge is 0.239 e. The highest BCUT2D eigenvalue weighted by molar-refractivity contribution is 9.10. The standard InChI is InChI=1S/C21H30BrN5O/c1-26-6-2-15(3-7-26)16-4-8-27(9-5-16)21(28)19(23)12-14-10-17-13-24-25-20(17)18(22)11-14/h10-11,13,15-16,19H,2-9,12,23H2,1H3,(H,24,25). The highest BCUT2D eigenvalue weighted by Gasteiger charge is 2.31. The Hall–Kier alpha value is -1.44. The minimum Gasteiger partial charge on any atom is -0.341 e. The van der Waals surface area contributed by atoms with E-state index in [0.29, 0.717) is 6.42 Å². The molecule has 1 unspecified atom stereocenters. The summed E-state index contributed by atoms with van der Waals surface area (Å²) in [5, 5.41) is 8.08. The molecule has 0 bridgehead atoms. The second-order valence-electron chi connectivity index (χ2n) is 8.53. The number of carbonyl (C=O) groups is 1. The largest absolute Gasteiger partial charge is 0.341 e. The van der Waals surface area contributed by atoms with Crippen LogP contribution in [0.25, 0.3) is 10.9 Å². The van der Waals surface area contributed by atoms with Crippen molar-refractivity contribution in [1.82, 2.24) is 20.0 Å². The molecule has 4 rings (SSSR count). The van der Waals surface area contributed by atoms with Gasteiger partial charge in [0.25, 0.3) is 0 Å². The van der Waals surface area contributed by atoms with E-state index in [4.69, 9.17) is 5.73 Å².